The van der Waals surface area contributed by atoms with Gasteiger partial charge in [0.25, 0.3) is 0 Å². The molecule has 100 valence electrons. The standard InChI is InChI=1S/C13H20N2O3/c16-13(14-9-5-7-1-3-11(9)17-7)15-10-6-8-2-4-12(10)18-8/h7-12H,1-6H2,(H2,14,15,16). The Morgan fingerprint density at radius 3 is 1.67 bits per heavy atom. The Hall–Kier alpha value is -0.810. The van der Waals surface area contributed by atoms with Gasteiger partial charge in [0, 0.05) is 0 Å². The number of hydrogen-bond acceptors (Lipinski definition) is 3. The topological polar surface area (TPSA) is 59.6 Å². The minimum absolute atomic E-state index is 0.0442. The van der Waals surface area contributed by atoms with Crippen LogP contribution in [0.1, 0.15) is 38.5 Å². The van der Waals surface area contributed by atoms with E-state index in [0.717, 1.165) is 38.5 Å². The molecule has 4 saturated heterocycles. The van der Waals surface area contributed by atoms with Crippen molar-refractivity contribution < 1.29 is 14.3 Å². The maximum absolute atomic E-state index is 12.0. The first-order valence-corrected chi connectivity index (χ1v) is 7.16. The van der Waals surface area contributed by atoms with Gasteiger partial charge in [0.05, 0.1) is 36.5 Å². The number of hydrogen-bond donors (Lipinski definition) is 2. The summed E-state index contributed by atoms with van der Waals surface area (Å²) < 4.78 is 11.5. The zero-order chi connectivity index (χ0) is 12.1. The van der Waals surface area contributed by atoms with Gasteiger partial charge < -0.3 is 20.1 Å². The molecule has 5 nitrogen and oxygen atoms in total. The largest absolute Gasteiger partial charge is 0.373 e. The molecule has 6 atom stereocenters. The molecule has 18 heavy (non-hydrogen) atoms. The highest BCUT2D eigenvalue weighted by atomic mass is 16.5. The van der Waals surface area contributed by atoms with E-state index < -0.39 is 0 Å². The summed E-state index contributed by atoms with van der Waals surface area (Å²) >= 11 is 0. The molecular formula is C13H20N2O3. The summed E-state index contributed by atoms with van der Waals surface area (Å²) in [5.74, 6) is 0. The average molecular weight is 252 g/mol. The van der Waals surface area contributed by atoms with E-state index >= 15 is 0 Å². The van der Waals surface area contributed by atoms with E-state index in [9.17, 15) is 4.79 Å². The molecule has 0 aromatic carbocycles. The number of carbonyl (C=O) groups excluding carboxylic acids is 1. The van der Waals surface area contributed by atoms with Crippen LogP contribution in [0.3, 0.4) is 0 Å². The summed E-state index contributed by atoms with van der Waals surface area (Å²) in [7, 11) is 0. The molecule has 0 aromatic heterocycles. The van der Waals surface area contributed by atoms with E-state index in [-0.39, 0.29) is 30.3 Å². The lowest BCUT2D eigenvalue weighted by molar-refractivity contribution is 0.0957. The van der Waals surface area contributed by atoms with Crippen molar-refractivity contribution in [2.75, 3.05) is 0 Å². The van der Waals surface area contributed by atoms with Gasteiger partial charge in [-0.1, -0.05) is 0 Å². The van der Waals surface area contributed by atoms with Crippen molar-refractivity contribution >= 4 is 6.03 Å². The smallest absolute Gasteiger partial charge is 0.315 e. The number of amides is 2. The fourth-order valence-corrected chi connectivity index (χ4v) is 3.96. The zero-order valence-corrected chi connectivity index (χ0v) is 10.4. The summed E-state index contributed by atoms with van der Waals surface area (Å²) in [6.45, 7) is 0. The van der Waals surface area contributed by atoms with Gasteiger partial charge in [-0.15, -0.1) is 0 Å². The number of fused-ring (bicyclic) bond motifs is 4. The average Bonchev–Trinajstić information content (AvgIpc) is 3.08. The highest BCUT2D eigenvalue weighted by Gasteiger charge is 2.43. The maximum Gasteiger partial charge on any atom is 0.315 e. The molecule has 4 fully saturated rings. The van der Waals surface area contributed by atoms with Crippen LogP contribution in [0.4, 0.5) is 4.79 Å². The third-order valence-corrected chi connectivity index (χ3v) is 4.85. The minimum atomic E-state index is -0.0442. The first kappa shape index (κ1) is 11.1. The molecule has 6 unspecified atom stereocenters. The molecule has 5 heteroatoms. The van der Waals surface area contributed by atoms with Crippen molar-refractivity contribution in [2.24, 2.45) is 0 Å². The molecule has 4 heterocycles. The number of carbonyl (C=O) groups is 1. The van der Waals surface area contributed by atoms with Crippen LogP contribution in [-0.4, -0.2) is 42.5 Å². The van der Waals surface area contributed by atoms with Gasteiger partial charge in [-0.25, -0.2) is 4.79 Å². The second-order valence-corrected chi connectivity index (χ2v) is 6.05. The second-order valence-electron chi connectivity index (χ2n) is 6.05. The van der Waals surface area contributed by atoms with Crippen LogP contribution >= 0.6 is 0 Å². The van der Waals surface area contributed by atoms with Gasteiger partial charge >= 0.3 is 6.03 Å². The predicted octanol–water partition coefficient (Wildman–Crippen LogP) is 0.925. The van der Waals surface area contributed by atoms with Gasteiger partial charge in [0.2, 0.25) is 0 Å². The lowest BCUT2D eigenvalue weighted by Gasteiger charge is -2.24. The Morgan fingerprint density at radius 1 is 0.833 bits per heavy atom. The zero-order valence-electron chi connectivity index (χ0n) is 10.4. The summed E-state index contributed by atoms with van der Waals surface area (Å²) in [6.07, 6.45) is 7.71. The molecule has 0 aliphatic carbocycles. The second kappa shape index (κ2) is 4.10. The van der Waals surface area contributed by atoms with Gasteiger partial charge in [0.1, 0.15) is 0 Å². The van der Waals surface area contributed by atoms with E-state index in [2.05, 4.69) is 10.6 Å². The molecule has 0 spiro atoms. The molecule has 2 N–H and O–H groups in total. The van der Waals surface area contributed by atoms with Crippen molar-refractivity contribution in [3.63, 3.8) is 0 Å². The fourth-order valence-electron chi connectivity index (χ4n) is 3.96. The predicted molar refractivity (Wildman–Crippen MR) is 64.3 cm³/mol. The van der Waals surface area contributed by atoms with E-state index in [0.29, 0.717) is 12.2 Å². The van der Waals surface area contributed by atoms with Crippen LogP contribution in [0.5, 0.6) is 0 Å². The van der Waals surface area contributed by atoms with Crippen LogP contribution in [0.15, 0.2) is 0 Å². The molecule has 0 saturated carbocycles. The lowest BCUT2D eigenvalue weighted by Crippen LogP contribution is -2.51. The highest BCUT2D eigenvalue weighted by Crippen LogP contribution is 2.35. The van der Waals surface area contributed by atoms with E-state index in [1.54, 1.807) is 0 Å². The Morgan fingerprint density at radius 2 is 1.33 bits per heavy atom. The van der Waals surface area contributed by atoms with Crippen molar-refractivity contribution in [2.45, 2.75) is 75.0 Å². The highest BCUT2D eigenvalue weighted by molar-refractivity contribution is 5.74. The molecule has 0 radical (unpaired) electrons. The molecule has 4 bridgehead atoms. The quantitative estimate of drug-likeness (QED) is 0.768. The van der Waals surface area contributed by atoms with Crippen molar-refractivity contribution in [1.82, 2.24) is 10.6 Å². The van der Waals surface area contributed by atoms with E-state index in [4.69, 9.17) is 9.47 Å². The first-order chi connectivity index (χ1) is 8.78. The van der Waals surface area contributed by atoms with Crippen LogP contribution in [0.25, 0.3) is 0 Å². The molecule has 0 aromatic rings. The minimum Gasteiger partial charge on any atom is -0.373 e. The number of rotatable bonds is 2. The Balaban J connectivity index is 1.29. The number of ether oxygens (including phenoxy) is 2. The third-order valence-electron chi connectivity index (χ3n) is 4.85. The van der Waals surface area contributed by atoms with Crippen LogP contribution in [-0.2, 0) is 9.47 Å². The molecular weight excluding hydrogens is 232 g/mol. The summed E-state index contributed by atoms with van der Waals surface area (Å²) in [6, 6.07) is 0.379. The number of nitrogens with one attached hydrogen (secondary N) is 2. The van der Waals surface area contributed by atoms with E-state index in [1.165, 1.54) is 0 Å². The lowest BCUT2D eigenvalue weighted by atomic mass is 9.95. The third kappa shape index (κ3) is 1.80. The molecule has 4 aliphatic heterocycles. The van der Waals surface area contributed by atoms with Gasteiger partial charge in [-0.3, -0.25) is 0 Å². The van der Waals surface area contributed by atoms with Gasteiger partial charge in [-0.2, -0.15) is 0 Å². The fraction of sp³-hybridized carbons (Fsp3) is 0.923. The normalized spacial score (nSPS) is 48.7. The SMILES string of the molecule is O=C(NC1CC2CCC1O2)NC1CC2CCC1O2. The van der Waals surface area contributed by atoms with Crippen LogP contribution < -0.4 is 10.6 Å². The summed E-state index contributed by atoms with van der Waals surface area (Å²) in [5.41, 5.74) is 0. The van der Waals surface area contributed by atoms with Crippen molar-refractivity contribution in [1.29, 1.82) is 0 Å². The maximum atomic E-state index is 12.0. The molecule has 4 aliphatic rings. The van der Waals surface area contributed by atoms with Crippen molar-refractivity contribution in [3.8, 4) is 0 Å². The summed E-state index contributed by atoms with van der Waals surface area (Å²) in [4.78, 5) is 12.0. The Labute approximate surface area is 107 Å². The monoisotopic (exact) mass is 252 g/mol. The van der Waals surface area contributed by atoms with Crippen LogP contribution in [0, 0.1) is 0 Å². The van der Waals surface area contributed by atoms with Gasteiger partial charge in [0.15, 0.2) is 0 Å². The van der Waals surface area contributed by atoms with Crippen molar-refractivity contribution in [3.05, 3.63) is 0 Å². The first-order valence-electron chi connectivity index (χ1n) is 7.16. The Bertz CT molecular complexity index is 330. The van der Waals surface area contributed by atoms with E-state index in [1.807, 2.05) is 0 Å². The Kier molecular flexibility index (Phi) is 2.52. The molecule has 2 amide bonds. The molecule has 4 rings (SSSR count). The summed E-state index contributed by atoms with van der Waals surface area (Å²) in [5, 5.41) is 6.13. The number of urea groups is 1. The van der Waals surface area contributed by atoms with Crippen LogP contribution in [0.2, 0.25) is 0 Å². The van der Waals surface area contributed by atoms with Gasteiger partial charge in [-0.05, 0) is 38.5 Å².